The molecule has 0 amide bonds. The highest BCUT2D eigenvalue weighted by Gasteiger charge is 2.22. The van der Waals surface area contributed by atoms with Gasteiger partial charge in [0, 0.05) is 10.9 Å². The number of anilines is 1. The standard InChI is InChI=1S/C15H21N3S/c1-9-6-4-5-7-12(9)18-14-13-10(2)11(3)19-15(13)17-8-16-14/h8-9,12H,4-7H2,1-3H3,(H,16,17,18). The molecule has 19 heavy (non-hydrogen) atoms. The maximum atomic E-state index is 4.49. The molecule has 1 N–H and O–H groups in total. The molecule has 2 heterocycles. The van der Waals surface area contributed by atoms with Crippen LogP contribution < -0.4 is 5.32 Å². The Bertz CT molecular complexity index is 590. The van der Waals surface area contributed by atoms with E-state index in [4.69, 9.17) is 0 Å². The summed E-state index contributed by atoms with van der Waals surface area (Å²) in [4.78, 5) is 11.3. The van der Waals surface area contributed by atoms with E-state index in [9.17, 15) is 0 Å². The van der Waals surface area contributed by atoms with Crippen LogP contribution in [-0.4, -0.2) is 16.0 Å². The highest BCUT2D eigenvalue weighted by molar-refractivity contribution is 7.18. The van der Waals surface area contributed by atoms with Crippen LogP contribution >= 0.6 is 11.3 Å². The number of nitrogens with one attached hydrogen (secondary N) is 1. The molecule has 0 saturated heterocycles. The Morgan fingerprint density at radius 1 is 1.21 bits per heavy atom. The van der Waals surface area contributed by atoms with Gasteiger partial charge >= 0.3 is 0 Å². The Labute approximate surface area is 118 Å². The van der Waals surface area contributed by atoms with E-state index in [0.717, 1.165) is 16.6 Å². The monoisotopic (exact) mass is 275 g/mol. The fourth-order valence-corrected chi connectivity index (χ4v) is 3.99. The van der Waals surface area contributed by atoms with Crippen molar-refractivity contribution in [1.82, 2.24) is 9.97 Å². The van der Waals surface area contributed by atoms with Gasteiger partial charge in [-0.1, -0.05) is 19.8 Å². The summed E-state index contributed by atoms with van der Waals surface area (Å²) in [6.07, 6.45) is 6.98. The van der Waals surface area contributed by atoms with Crippen molar-refractivity contribution in [2.75, 3.05) is 5.32 Å². The molecule has 0 aromatic carbocycles. The summed E-state index contributed by atoms with van der Waals surface area (Å²) in [7, 11) is 0. The van der Waals surface area contributed by atoms with Gasteiger partial charge < -0.3 is 5.32 Å². The predicted octanol–water partition coefficient (Wildman–Crippen LogP) is 4.30. The van der Waals surface area contributed by atoms with Crippen molar-refractivity contribution in [3.8, 4) is 0 Å². The van der Waals surface area contributed by atoms with E-state index in [1.807, 2.05) is 0 Å². The summed E-state index contributed by atoms with van der Waals surface area (Å²) < 4.78 is 0. The van der Waals surface area contributed by atoms with Crippen LogP contribution in [0.1, 0.15) is 43.0 Å². The van der Waals surface area contributed by atoms with Crippen LogP contribution in [0.3, 0.4) is 0 Å². The van der Waals surface area contributed by atoms with Crippen LogP contribution in [0.5, 0.6) is 0 Å². The highest BCUT2D eigenvalue weighted by Crippen LogP contribution is 2.34. The molecule has 102 valence electrons. The normalized spacial score (nSPS) is 23.7. The van der Waals surface area contributed by atoms with E-state index < -0.39 is 0 Å². The zero-order valence-electron chi connectivity index (χ0n) is 11.9. The van der Waals surface area contributed by atoms with Gasteiger partial charge in [0.25, 0.3) is 0 Å². The predicted molar refractivity (Wildman–Crippen MR) is 81.9 cm³/mol. The van der Waals surface area contributed by atoms with Gasteiger partial charge in [-0.05, 0) is 38.2 Å². The third-order valence-corrected chi connectivity index (χ3v) is 5.51. The fraction of sp³-hybridized carbons (Fsp3) is 0.600. The van der Waals surface area contributed by atoms with E-state index in [0.29, 0.717) is 6.04 Å². The Morgan fingerprint density at radius 3 is 2.79 bits per heavy atom. The highest BCUT2D eigenvalue weighted by atomic mass is 32.1. The van der Waals surface area contributed by atoms with Crippen LogP contribution in [0.4, 0.5) is 5.82 Å². The number of nitrogens with zero attached hydrogens (tertiary/aromatic N) is 2. The average molecular weight is 275 g/mol. The summed E-state index contributed by atoms with van der Waals surface area (Å²) in [5, 5.41) is 4.91. The molecule has 1 aliphatic carbocycles. The topological polar surface area (TPSA) is 37.8 Å². The van der Waals surface area contributed by atoms with Crippen molar-refractivity contribution in [3.63, 3.8) is 0 Å². The van der Waals surface area contributed by atoms with Gasteiger partial charge in [0.2, 0.25) is 0 Å². The zero-order valence-corrected chi connectivity index (χ0v) is 12.7. The third-order valence-electron chi connectivity index (χ3n) is 4.40. The second-order valence-electron chi connectivity index (χ2n) is 5.70. The first-order valence-electron chi connectivity index (χ1n) is 7.14. The van der Waals surface area contributed by atoms with Gasteiger partial charge in [0.1, 0.15) is 17.0 Å². The Morgan fingerprint density at radius 2 is 2.00 bits per heavy atom. The average Bonchev–Trinajstić information content (AvgIpc) is 2.69. The maximum absolute atomic E-state index is 4.49. The van der Waals surface area contributed by atoms with Gasteiger partial charge in [0.15, 0.2) is 0 Å². The summed E-state index contributed by atoms with van der Waals surface area (Å²) in [6, 6.07) is 0.562. The van der Waals surface area contributed by atoms with E-state index >= 15 is 0 Å². The molecule has 0 radical (unpaired) electrons. The van der Waals surface area contributed by atoms with Gasteiger partial charge in [-0.3, -0.25) is 0 Å². The first kappa shape index (κ1) is 12.9. The van der Waals surface area contributed by atoms with Gasteiger partial charge in [0.05, 0.1) is 5.39 Å². The molecule has 1 saturated carbocycles. The molecular formula is C15H21N3S. The fourth-order valence-electron chi connectivity index (χ4n) is 3.00. The number of aromatic nitrogens is 2. The van der Waals surface area contributed by atoms with Crippen molar-refractivity contribution in [3.05, 3.63) is 16.8 Å². The Hall–Kier alpha value is -1.16. The van der Waals surface area contributed by atoms with Gasteiger partial charge in [-0.2, -0.15) is 0 Å². The van der Waals surface area contributed by atoms with Gasteiger partial charge in [-0.15, -0.1) is 11.3 Å². The minimum absolute atomic E-state index is 0.562. The molecule has 3 nitrogen and oxygen atoms in total. The number of fused-ring (bicyclic) bond motifs is 1. The number of hydrogen-bond donors (Lipinski definition) is 1. The molecule has 2 aromatic heterocycles. The van der Waals surface area contributed by atoms with Crippen LogP contribution in [0.25, 0.3) is 10.2 Å². The molecule has 2 unspecified atom stereocenters. The molecule has 1 aliphatic rings. The second-order valence-corrected chi connectivity index (χ2v) is 6.90. The zero-order chi connectivity index (χ0) is 13.4. The largest absolute Gasteiger partial charge is 0.366 e. The van der Waals surface area contributed by atoms with Gasteiger partial charge in [-0.25, -0.2) is 9.97 Å². The van der Waals surface area contributed by atoms with Crippen LogP contribution in [0, 0.1) is 19.8 Å². The summed E-state index contributed by atoms with van der Waals surface area (Å²) in [5.41, 5.74) is 1.33. The van der Waals surface area contributed by atoms with Crippen molar-refractivity contribution in [2.24, 2.45) is 5.92 Å². The minimum Gasteiger partial charge on any atom is -0.366 e. The second kappa shape index (κ2) is 5.08. The molecule has 3 rings (SSSR count). The van der Waals surface area contributed by atoms with Crippen molar-refractivity contribution in [1.29, 1.82) is 0 Å². The maximum Gasteiger partial charge on any atom is 0.138 e. The van der Waals surface area contributed by atoms with E-state index in [1.54, 1.807) is 17.7 Å². The quantitative estimate of drug-likeness (QED) is 0.888. The van der Waals surface area contributed by atoms with E-state index in [-0.39, 0.29) is 0 Å². The third kappa shape index (κ3) is 2.34. The molecule has 4 heteroatoms. The van der Waals surface area contributed by atoms with Crippen LogP contribution in [-0.2, 0) is 0 Å². The van der Waals surface area contributed by atoms with Crippen LogP contribution in [0.2, 0.25) is 0 Å². The lowest BCUT2D eigenvalue weighted by Gasteiger charge is -2.30. The molecule has 1 fully saturated rings. The Balaban J connectivity index is 1.96. The lowest BCUT2D eigenvalue weighted by Crippen LogP contribution is -2.30. The molecule has 2 atom stereocenters. The molecule has 2 aromatic rings. The van der Waals surface area contributed by atoms with Crippen LogP contribution in [0.15, 0.2) is 6.33 Å². The lowest BCUT2D eigenvalue weighted by atomic mass is 9.86. The minimum atomic E-state index is 0.562. The first-order chi connectivity index (χ1) is 9.16. The lowest BCUT2D eigenvalue weighted by molar-refractivity contribution is 0.349. The number of aryl methyl sites for hydroxylation is 2. The van der Waals surface area contributed by atoms with Crippen molar-refractivity contribution >= 4 is 27.4 Å². The number of thiophene rings is 1. The molecular weight excluding hydrogens is 254 g/mol. The number of hydrogen-bond acceptors (Lipinski definition) is 4. The summed E-state index contributed by atoms with van der Waals surface area (Å²) >= 11 is 1.76. The van der Waals surface area contributed by atoms with Crippen molar-refractivity contribution in [2.45, 2.75) is 52.5 Å². The Kier molecular flexibility index (Phi) is 3.44. The smallest absolute Gasteiger partial charge is 0.138 e. The number of rotatable bonds is 2. The first-order valence-corrected chi connectivity index (χ1v) is 7.95. The van der Waals surface area contributed by atoms with E-state index in [2.05, 4.69) is 36.1 Å². The summed E-state index contributed by atoms with van der Waals surface area (Å²) in [5.74, 6) is 1.77. The SMILES string of the molecule is Cc1sc2ncnc(NC3CCCCC3C)c2c1C. The molecule has 0 aliphatic heterocycles. The van der Waals surface area contributed by atoms with Crippen molar-refractivity contribution < 1.29 is 0 Å². The molecule has 0 bridgehead atoms. The van der Waals surface area contributed by atoms with E-state index in [1.165, 1.54) is 41.5 Å². The molecule has 0 spiro atoms. The summed E-state index contributed by atoms with van der Waals surface area (Å²) in [6.45, 7) is 6.68.